The summed E-state index contributed by atoms with van der Waals surface area (Å²) in [7, 11) is 0. The fraction of sp³-hybridized carbons (Fsp3) is 0.167. The van der Waals surface area contributed by atoms with Crippen molar-refractivity contribution in [2.24, 2.45) is 0 Å². The van der Waals surface area contributed by atoms with Crippen molar-refractivity contribution in [3.05, 3.63) is 62.0 Å². The molecule has 0 bridgehead atoms. The van der Waals surface area contributed by atoms with E-state index < -0.39 is 5.82 Å². The number of benzene rings is 1. The van der Waals surface area contributed by atoms with Gasteiger partial charge in [-0.1, -0.05) is 23.2 Å². The third-order valence-corrected chi connectivity index (χ3v) is 2.93. The van der Waals surface area contributed by atoms with Gasteiger partial charge in [0.1, 0.15) is 16.8 Å². The SMILES string of the molecule is Cc1nc(Cl)cc(=O)n1Cc1cc(Cl)ccc1F. The van der Waals surface area contributed by atoms with Crippen LogP contribution >= 0.6 is 23.2 Å². The Hall–Kier alpha value is -1.39. The highest BCUT2D eigenvalue weighted by Gasteiger charge is 2.08. The van der Waals surface area contributed by atoms with Crippen LogP contribution in [0.15, 0.2) is 29.1 Å². The largest absolute Gasteiger partial charge is 0.292 e. The van der Waals surface area contributed by atoms with Gasteiger partial charge in [-0.2, -0.15) is 0 Å². The van der Waals surface area contributed by atoms with Crippen molar-refractivity contribution < 1.29 is 4.39 Å². The zero-order valence-corrected chi connectivity index (χ0v) is 11.0. The summed E-state index contributed by atoms with van der Waals surface area (Å²) in [5.41, 5.74) is 0.00342. The molecule has 0 fully saturated rings. The molecule has 2 aromatic rings. The van der Waals surface area contributed by atoms with E-state index in [-0.39, 0.29) is 17.3 Å². The van der Waals surface area contributed by atoms with Crippen LogP contribution < -0.4 is 5.56 Å². The fourth-order valence-electron chi connectivity index (χ4n) is 1.61. The normalized spacial score (nSPS) is 10.7. The molecule has 0 saturated carbocycles. The van der Waals surface area contributed by atoms with Crippen LogP contribution in [0, 0.1) is 12.7 Å². The lowest BCUT2D eigenvalue weighted by Crippen LogP contribution is -2.23. The van der Waals surface area contributed by atoms with Gasteiger partial charge in [0.2, 0.25) is 0 Å². The van der Waals surface area contributed by atoms with Crippen molar-refractivity contribution >= 4 is 23.2 Å². The summed E-state index contributed by atoms with van der Waals surface area (Å²) in [5.74, 6) is 0.00697. The Morgan fingerprint density at radius 2 is 2.06 bits per heavy atom. The first-order valence-electron chi connectivity index (χ1n) is 5.15. The van der Waals surface area contributed by atoms with Gasteiger partial charge in [0, 0.05) is 16.7 Å². The number of hydrogen-bond acceptors (Lipinski definition) is 2. The van der Waals surface area contributed by atoms with Crippen LogP contribution in [0.3, 0.4) is 0 Å². The van der Waals surface area contributed by atoms with Crippen molar-refractivity contribution in [3.63, 3.8) is 0 Å². The molecule has 2 rings (SSSR count). The van der Waals surface area contributed by atoms with E-state index in [2.05, 4.69) is 4.98 Å². The Kier molecular flexibility index (Phi) is 3.68. The maximum atomic E-state index is 13.6. The van der Waals surface area contributed by atoms with Crippen LogP contribution in [0.25, 0.3) is 0 Å². The van der Waals surface area contributed by atoms with Crippen molar-refractivity contribution in [2.75, 3.05) is 0 Å². The summed E-state index contributed by atoms with van der Waals surface area (Å²) in [5, 5.41) is 0.541. The molecule has 0 unspecified atom stereocenters. The number of nitrogens with zero attached hydrogens (tertiary/aromatic N) is 2. The van der Waals surface area contributed by atoms with Gasteiger partial charge in [0.15, 0.2) is 0 Å². The van der Waals surface area contributed by atoms with E-state index in [1.54, 1.807) is 6.92 Å². The van der Waals surface area contributed by atoms with Gasteiger partial charge in [-0.3, -0.25) is 9.36 Å². The number of hydrogen-bond donors (Lipinski definition) is 0. The van der Waals surface area contributed by atoms with Gasteiger partial charge in [0.05, 0.1) is 6.54 Å². The molecule has 0 aliphatic rings. The molecule has 3 nitrogen and oxygen atoms in total. The zero-order valence-electron chi connectivity index (χ0n) is 9.45. The first-order valence-corrected chi connectivity index (χ1v) is 5.91. The zero-order chi connectivity index (χ0) is 13.3. The van der Waals surface area contributed by atoms with Crippen LogP contribution in [0.2, 0.25) is 10.2 Å². The molecule has 0 saturated heterocycles. The summed E-state index contributed by atoms with van der Waals surface area (Å²) in [6, 6.07) is 5.39. The molecular weight excluding hydrogens is 278 g/mol. The van der Waals surface area contributed by atoms with E-state index in [9.17, 15) is 9.18 Å². The Labute approximate surface area is 113 Å². The van der Waals surface area contributed by atoms with E-state index in [0.717, 1.165) is 0 Å². The molecule has 0 aliphatic heterocycles. The van der Waals surface area contributed by atoms with Gasteiger partial charge in [-0.05, 0) is 25.1 Å². The summed E-state index contributed by atoms with van der Waals surface area (Å²) in [4.78, 5) is 15.7. The summed E-state index contributed by atoms with van der Waals surface area (Å²) in [6.07, 6.45) is 0. The molecule has 0 atom stereocenters. The molecule has 1 aromatic carbocycles. The van der Waals surface area contributed by atoms with Gasteiger partial charge < -0.3 is 0 Å². The topological polar surface area (TPSA) is 34.9 Å². The highest BCUT2D eigenvalue weighted by atomic mass is 35.5. The molecule has 18 heavy (non-hydrogen) atoms. The summed E-state index contributed by atoms with van der Waals surface area (Å²) in [6.45, 7) is 1.71. The van der Waals surface area contributed by atoms with Crippen LogP contribution in [0.5, 0.6) is 0 Å². The number of aryl methyl sites for hydroxylation is 1. The highest BCUT2D eigenvalue weighted by Crippen LogP contribution is 2.16. The van der Waals surface area contributed by atoms with Gasteiger partial charge in [-0.15, -0.1) is 0 Å². The summed E-state index contributed by atoms with van der Waals surface area (Å²) < 4.78 is 14.9. The quantitative estimate of drug-likeness (QED) is 0.796. The molecular formula is C12H9Cl2FN2O. The second-order valence-corrected chi connectivity index (χ2v) is 4.61. The average Bonchev–Trinajstić information content (AvgIpc) is 2.28. The third-order valence-electron chi connectivity index (χ3n) is 2.50. The summed E-state index contributed by atoms with van der Waals surface area (Å²) >= 11 is 11.5. The predicted octanol–water partition coefficient (Wildman–Crippen LogP) is 3.05. The maximum Gasteiger partial charge on any atom is 0.255 e. The minimum atomic E-state index is -0.416. The minimum absolute atomic E-state index is 0.0707. The molecule has 0 N–H and O–H groups in total. The molecule has 1 heterocycles. The van der Waals surface area contributed by atoms with Crippen molar-refractivity contribution in [1.29, 1.82) is 0 Å². The van der Waals surface area contributed by atoms with E-state index in [1.807, 2.05) is 0 Å². The average molecular weight is 287 g/mol. The van der Waals surface area contributed by atoms with Crippen LogP contribution in [-0.2, 0) is 6.54 Å². The standard InChI is InChI=1S/C12H9Cl2FN2O/c1-7-16-11(14)5-12(18)17(7)6-8-4-9(13)2-3-10(8)15/h2-5H,6H2,1H3. The Bertz CT molecular complexity index is 655. The van der Waals surface area contributed by atoms with Crippen molar-refractivity contribution in [3.8, 4) is 0 Å². The fourth-order valence-corrected chi connectivity index (χ4v) is 2.02. The van der Waals surface area contributed by atoms with Crippen LogP contribution in [0.1, 0.15) is 11.4 Å². The molecule has 6 heteroatoms. The van der Waals surface area contributed by atoms with Gasteiger partial charge >= 0.3 is 0 Å². The number of rotatable bonds is 2. The minimum Gasteiger partial charge on any atom is -0.292 e. The van der Waals surface area contributed by atoms with Crippen LogP contribution in [-0.4, -0.2) is 9.55 Å². The van der Waals surface area contributed by atoms with Crippen molar-refractivity contribution in [2.45, 2.75) is 13.5 Å². The smallest absolute Gasteiger partial charge is 0.255 e. The lowest BCUT2D eigenvalue weighted by molar-refractivity contribution is 0.589. The number of aromatic nitrogens is 2. The van der Waals surface area contributed by atoms with E-state index >= 15 is 0 Å². The number of halogens is 3. The first kappa shape index (κ1) is 13.1. The lowest BCUT2D eigenvalue weighted by Gasteiger charge is -2.10. The highest BCUT2D eigenvalue weighted by molar-refractivity contribution is 6.30. The van der Waals surface area contributed by atoms with E-state index in [0.29, 0.717) is 16.4 Å². The van der Waals surface area contributed by atoms with Gasteiger partial charge in [0.25, 0.3) is 5.56 Å². The molecule has 0 spiro atoms. The molecule has 0 amide bonds. The predicted molar refractivity (Wildman–Crippen MR) is 68.8 cm³/mol. The Morgan fingerprint density at radius 3 is 2.72 bits per heavy atom. The third kappa shape index (κ3) is 2.71. The monoisotopic (exact) mass is 286 g/mol. The van der Waals surface area contributed by atoms with Gasteiger partial charge in [-0.25, -0.2) is 9.37 Å². The maximum absolute atomic E-state index is 13.6. The molecule has 94 valence electrons. The van der Waals surface area contributed by atoms with Crippen molar-refractivity contribution in [1.82, 2.24) is 9.55 Å². The molecule has 0 aliphatic carbocycles. The molecule has 0 radical (unpaired) electrons. The lowest BCUT2D eigenvalue weighted by atomic mass is 10.2. The van der Waals surface area contributed by atoms with E-state index in [4.69, 9.17) is 23.2 Å². The Morgan fingerprint density at radius 1 is 1.33 bits per heavy atom. The van der Waals surface area contributed by atoms with Crippen LogP contribution in [0.4, 0.5) is 4.39 Å². The van der Waals surface area contributed by atoms with E-state index in [1.165, 1.54) is 28.8 Å². The second kappa shape index (κ2) is 5.08. The Balaban J connectivity index is 2.46. The molecule has 1 aromatic heterocycles. The second-order valence-electron chi connectivity index (χ2n) is 3.79. The first-order chi connectivity index (χ1) is 8.47.